The number of aryl methyl sites for hydroxylation is 1. The lowest BCUT2D eigenvalue weighted by Crippen LogP contribution is -2.49. The van der Waals surface area contributed by atoms with Gasteiger partial charge in [-0.05, 0) is 43.4 Å². The van der Waals surface area contributed by atoms with Gasteiger partial charge in [-0.1, -0.05) is 11.8 Å². The van der Waals surface area contributed by atoms with Crippen molar-refractivity contribution in [1.82, 2.24) is 10.5 Å². The molecule has 0 spiro atoms. The van der Waals surface area contributed by atoms with Gasteiger partial charge in [0.2, 0.25) is 0 Å². The maximum absolute atomic E-state index is 12.1. The van der Waals surface area contributed by atoms with Crippen LogP contribution in [0.15, 0.2) is 18.2 Å². The standard InChI is InChI=1S/C21H22N2O6S2/c1-20(19(24)23-26,31(2,27)28)11-9-18-22-16-8-7-15(12-17(16)30-18)6-4-3-5-10-21(25)13-29-14-21/h7-8,12,25-26H,9-11,13-14H2,1-2H3,(H,23,24). The van der Waals surface area contributed by atoms with Crippen molar-refractivity contribution in [2.24, 2.45) is 0 Å². The third kappa shape index (κ3) is 5.24. The summed E-state index contributed by atoms with van der Waals surface area (Å²) < 4.78 is 28.2. The van der Waals surface area contributed by atoms with Crippen LogP contribution in [0.1, 0.15) is 30.3 Å². The molecule has 10 heteroatoms. The average molecular weight is 463 g/mol. The van der Waals surface area contributed by atoms with E-state index in [1.54, 1.807) is 0 Å². The first-order chi connectivity index (χ1) is 14.6. The number of hydrogen-bond donors (Lipinski definition) is 3. The Hall–Kier alpha value is -2.47. The zero-order chi connectivity index (χ0) is 22.7. The Bertz CT molecular complexity index is 1230. The number of hydrogen-bond acceptors (Lipinski definition) is 8. The van der Waals surface area contributed by atoms with Crippen LogP contribution in [0, 0.1) is 23.7 Å². The van der Waals surface area contributed by atoms with E-state index >= 15 is 0 Å². The van der Waals surface area contributed by atoms with E-state index in [1.165, 1.54) is 23.7 Å². The number of nitrogens with zero attached hydrogens (tertiary/aromatic N) is 1. The summed E-state index contributed by atoms with van der Waals surface area (Å²) in [6, 6.07) is 5.50. The molecule has 2 aromatic rings. The second kappa shape index (κ2) is 8.95. The minimum absolute atomic E-state index is 0.0162. The second-order valence-corrected chi connectivity index (χ2v) is 11.2. The number of carbonyl (C=O) groups is 1. The molecule has 3 N–H and O–H groups in total. The van der Waals surface area contributed by atoms with E-state index in [4.69, 9.17) is 9.94 Å². The molecule has 31 heavy (non-hydrogen) atoms. The molecule has 0 radical (unpaired) electrons. The number of fused-ring (bicyclic) bond motifs is 1. The highest BCUT2D eigenvalue weighted by Gasteiger charge is 2.43. The lowest BCUT2D eigenvalue weighted by Gasteiger charge is -2.34. The number of carbonyl (C=O) groups excluding carboxylic acids is 1. The molecule has 1 aromatic heterocycles. The molecule has 164 valence electrons. The van der Waals surface area contributed by atoms with Crippen molar-refractivity contribution in [3.8, 4) is 23.7 Å². The van der Waals surface area contributed by atoms with Crippen molar-refractivity contribution >= 4 is 37.3 Å². The Kier molecular flexibility index (Phi) is 6.70. The third-order valence-electron chi connectivity index (χ3n) is 5.17. The van der Waals surface area contributed by atoms with Crippen LogP contribution in [0.2, 0.25) is 0 Å². The smallest absolute Gasteiger partial charge is 0.264 e. The van der Waals surface area contributed by atoms with Crippen LogP contribution >= 0.6 is 11.3 Å². The molecule has 3 rings (SSSR count). The summed E-state index contributed by atoms with van der Waals surface area (Å²) in [5.41, 5.74) is 2.09. The third-order valence-corrected chi connectivity index (χ3v) is 8.27. The first-order valence-electron chi connectivity index (χ1n) is 9.39. The first-order valence-corrected chi connectivity index (χ1v) is 12.1. The summed E-state index contributed by atoms with van der Waals surface area (Å²) in [4.78, 5) is 16.4. The molecule has 2 heterocycles. The number of rotatable bonds is 6. The SMILES string of the molecule is CC(CCc1nc2ccc(C#CC#CCC3(O)COC3)cc2s1)(C(=O)NO)S(C)(=O)=O. The van der Waals surface area contributed by atoms with Crippen LogP contribution < -0.4 is 5.48 Å². The maximum atomic E-state index is 12.1. The summed E-state index contributed by atoms with van der Waals surface area (Å²) in [6.45, 7) is 1.88. The summed E-state index contributed by atoms with van der Waals surface area (Å²) in [5.74, 6) is 10.3. The predicted molar refractivity (Wildman–Crippen MR) is 116 cm³/mol. The zero-order valence-corrected chi connectivity index (χ0v) is 18.7. The molecule has 1 fully saturated rings. The molecule has 1 atom stereocenters. The van der Waals surface area contributed by atoms with Gasteiger partial charge < -0.3 is 9.84 Å². The number of nitrogens with one attached hydrogen (secondary N) is 1. The molecule has 8 nitrogen and oxygen atoms in total. The largest absolute Gasteiger partial charge is 0.384 e. The number of hydroxylamine groups is 1. The molecule has 0 saturated carbocycles. The average Bonchev–Trinajstić information content (AvgIpc) is 3.11. The van der Waals surface area contributed by atoms with E-state index < -0.39 is 26.1 Å². The fraction of sp³-hybridized carbons (Fsp3) is 0.429. The molecule has 1 aromatic carbocycles. The van der Waals surface area contributed by atoms with Gasteiger partial charge in [-0.25, -0.2) is 18.9 Å². The Morgan fingerprint density at radius 2 is 2.13 bits per heavy atom. The number of thiazole rings is 1. The number of benzene rings is 1. The van der Waals surface area contributed by atoms with Gasteiger partial charge in [-0.2, -0.15) is 0 Å². The van der Waals surface area contributed by atoms with Gasteiger partial charge in [0.1, 0.15) is 10.3 Å². The number of amides is 1. The van der Waals surface area contributed by atoms with Crippen LogP contribution in [0.5, 0.6) is 0 Å². The molecular weight excluding hydrogens is 440 g/mol. The Morgan fingerprint density at radius 3 is 2.74 bits per heavy atom. The lowest BCUT2D eigenvalue weighted by molar-refractivity contribution is -0.174. The van der Waals surface area contributed by atoms with E-state index in [1.807, 2.05) is 18.2 Å². The molecular formula is C21H22N2O6S2. The number of sulfone groups is 1. The fourth-order valence-electron chi connectivity index (χ4n) is 2.88. The maximum Gasteiger partial charge on any atom is 0.264 e. The van der Waals surface area contributed by atoms with Crippen molar-refractivity contribution in [3.63, 3.8) is 0 Å². The van der Waals surface area contributed by atoms with Crippen LogP contribution in [0.25, 0.3) is 10.2 Å². The van der Waals surface area contributed by atoms with E-state index in [0.717, 1.165) is 22.0 Å². The topological polar surface area (TPSA) is 126 Å². The first kappa shape index (κ1) is 23.2. The highest BCUT2D eigenvalue weighted by atomic mass is 32.2. The fourth-order valence-corrected chi connectivity index (χ4v) is 4.75. The van der Waals surface area contributed by atoms with Crippen molar-refractivity contribution in [3.05, 3.63) is 28.8 Å². The summed E-state index contributed by atoms with van der Waals surface area (Å²) >= 11 is 1.39. The zero-order valence-electron chi connectivity index (χ0n) is 17.1. The highest BCUT2D eigenvalue weighted by Crippen LogP contribution is 2.28. The van der Waals surface area contributed by atoms with Crippen molar-refractivity contribution in [2.45, 2.75) is 36.5 Å². The Balaban J connectivity index is 1.70. The van der Waals surface area contributed by atoms with Crippen LogP contribution in [-0.4, -0.2) is 59.4 Å². The molecule has 1 aliphatic heterocycles. The minimum Gasteiger partial charge on any atom is -0.384 e. The molecule has 1 amide bonds. The predicted octanol–water partition coefficient (Wildman–Crippen LogP) is 1.04. The molecule has 1 aliphatic rings. The number of aromatic nitrogens is 1. The molecule has 1 saturated heterocycles. The minimum atomic E-state index is -3.75. The quantitative estimate of drug-likeness (QED) is 0.333. The second-order valence-electron chi connectivity index (χ2n) is 7.68. The van der Waals surface area contributed by atoms with Crippen molar-refractivity contribution in [2.75, 3.05) is 19.5 Å². The monoisotopic (exact) mass is 462 g/mol. The molecule has 0 aliphatic carbocycles. The summed E-state index contributed by atoms with van der Waals surface area (Å²) in [5, 5.41) is 19.5. The summed E-state index contributed by atoms with van der Waals surface area (Å²) in [6.07, 6.45) is 1.53. The van der Waals surface area contributed by atoms with Gasteiger partial charge in [-0.3, -0.25) is 10.0 Å². The van der Waals surface area contributed by atoms with E-state index in [2.05, 4.69) is 28.7 Å². The van der Waals surface area contributed by atoms with Crippen molar-refractivity contribution in [1.29, 1.82) is 0 Å². The number of ether oxygens (including phenoxy) is 1. The van der Waals surface area contributed by atoms with Gasteiger partial charge in [0.05, 0.1) is 28.4 Å². The Labute approximate surface area is 184 Å². The molecule has 0 bridgehead atoms. The lowest BCUT2D eigenvalue weighted by atomic mass is 9.99. The van der Waals surface area contributed by atoms with Crippen molar-refractivity contribution < 1.29 is 28.3 Å². The van der Waals surface area contributed by atoms with Gasteiger partial charge >= 0.3 is 0 Å². The molecule has 1 unspecified atom stereocenters. The van der Waals surface area contributed by atoms with Gasteiger partial charge in [0.15, 0.2) is 9.84 Å². The van der Waals surface area contributed by atoms with Gasteiger partial charge in [0, 0.05) is 24.7 Å². The van der Waals surface area contributed by atoms with Gasteiger partial charge in [0.25, 0.3) is 5.91 Å². The highest BCUT2D eigenvalue weighted by molar-refractivity contribution is 7.92. The van der Waals surface area contributed by atoms with E-state index in [-0.39, 0.29) is 12.8 Å². The summed E-state index contributed by atoms with van der Waals surface area (Å²) in [7, 11) is -3.75. The van der Waals surface area contributed by atoms with Crippen LogP contribution in [-0.2, 0) is 25.8 Å². The Morgan fingerprint density at radius 1 is 1.39 bits per heavy atom. The van der Waals surface area contributed by atoms with Gasteiger partial charge in [-0.15, -0.1) is 11.3 Å². The van der Waals surface area contributed by atoms with E-state index in [9.17, 15) is 18.3 Å². The van der Waals surface area contributed by atoms with Crippen LogP contribution in [0.3, 0.4) is 0 Å². The number of aliphatic hydroxyl groups is 1. The van der Waals surface area contributed by atoms with Crippen LogP contribution in [0.4, 0.5) is 0 Å². The normalized spacial score (nSPS) is 16.8. The van der Waals surface area contributed by atoms with E-state index in [0.29, 0.717) is 24.6 Å².